The number of hydrogen-bond donors (Lipinski definition) is 1. The smallest absolute Gasteiger partial charge is 0.147 e. The van der Waals surface area contributed by atoms with Gasteiger partial charge in [-0.05, 0) is 43.5 Å². The largest absolute Gasteiger partial charge is 0.310 e. The third kappa shape index (κ3) is 6.20. The molecule has 0 aliphatic rings. The molecule has 0 saturated carbocycles. The number of sulfone groups is 1. The molecule has 0 bridgehead atoms. The van der Waals surface area contributed by atoms with Crippen molar-refractivity contribution in [2.75, 3.05) is 18.6 Å². The van der Waals surface area contributed by atoms with Crippen molar-refractivity contribution in [2.45, 2.75) is 32.2 Å². The average molecular weight is 322 g/mol. The van der Waals surface area contributed by atoms with Gasteiger partial charge in [-0.1, -0.05) is 24.6 Å². The standard InChI is InChI=1S/C14H21ClFNO2S/c1-3-8-17-14(5-4-9-20(2,18)19)12-7-6-11(16)10-13(12)15/h6-7,10,14,17H,3-5,8-9H2,1-2H3. The van der Waals surface area contributed by atoms with Gasteiger partial charge in [0.15, 0.2) is 0 Å². The maximum Gasteiger partial charge on any atom is 0.147 e. The molecule has 0 fully saturated rings. The number of hydrogen-bond acceptors (Lipinski definition) is 3. The van der Waals surface area contributed by atoms with Gasteiger partial charge in [0.1, 0.15) is 15.7 Å². The van der Waals surface area contributed by atoms with E-state index in [9.17, 15) is 12.8 Å². The molecule has 1 atom stereocenters. The predicted molar refractivity (Wildman–Crippen MR) is 81.4 cm³/mol. The van der Waals surface area contributed by atoms with E-state index in [1.54, 1.807) is 6.07 Å². The maximum absolute atomic E-state index is 13.1. The monoisotopic (exact) mass is 321 g/mol. The first-order chi connectivity index (χ1) is 9.33. The molecular weight excluding hydrogens is 301 g/mol. The molecule has 3 nitrogen and oxygen atoms in total. The summed E-state index contributed by atoms with van der Waals surface area (Å²) in [7, 11) is -2.96. The lowest BCUT2D eigenvalue weighted by atomic mass is 10.0. The molecule has 0 aliphatic heterocycles. The van der Waals surface area contributed by atoms with E-state index in [2.05, 4.69) is 5.32 Å². The fourth-order valence-corrected chi connectivity index (χ4v) is 3.01. The van der Waals surface area contributed by atoms with E-state index in [4.69, 9.17) is 11.6 Å². The van der Waals surface area contributed by atoms with Crippen LogP contribution in [0.4, 0.5) is 4.39 Å². The van der Waals surface area contributed by atoms with Gasteiger partial charge in [0.05, 0.1) is 0 Å². The first-order valence-corrected chi connectivity index (χ1v) is 9.13. The molecule has 0 spiro atoms. The highest BCUT2D eigenvalue weighted by atomic mass is 35.5. The number of benzene rings is 1. The Morgan fingerprint density at radius 3 is 2.65 bits per heavy atom. The van der Waals surface area contributed by atoms with Gasteiger partial charge in [-0.15, -0.1) is 0 Å². The Bertz CT molecular complexity index is 534. The van der Waals surface area contributed by atoms with Gasteiger partial charge in [-0.25, -0.2) is 12.8 Å². The van der Waals surface area contributed by atoms with Crippen molar-refractivity contribution in [2.24, 2.45) is 0 Å². The Morgan fingerprint density at radius 2 is 2.10 bits per heavy atom. The lowest BCUT2D eigenvalue weighted by molar-refractivity contribution is 0.491. The lowest BCUT2D eigenvalue weighted by Gasteiger charge is -2.20. The van der Waals surface area contributed by atoms with Crippen molar-refractivity contribution in [3.63, 3.8) is 0 Å². The van der Waals surface area contributed by atoms with E-state index in [1.807, 2.05) is 6.92 Å². The zero-order valence-corrected chi connectivity index (χ0v) is 13.4. The summed E-state index contributed by atoms with van der Waals surface area (Å²) in [6.07, 6.45) is 3.39. The van der Waals surface area contributed by atoms with Crippen LogP contribution < -0.4 is 5.32 Å². The summed E-state index contributed by atoms with van der Waals surface area (Å²) >= 11 is 6.07. The van der Waals surface area contributed by atoms with E-state index >= 15 is 0 Å². The van der Waals surface area contributed by atoms with Crippen molar-refractivity contribution >= 4 is 21.4 Å². The summed E-state index contributed by atoms with van der Waals surface area (Å²) in [5.41, 5.74) is 0.815. The summed E-state index contributed by atoms with van der Waals surface area (Å²) in [6.45, 7) is 2.85. The Balaban J connectivity index is 2.77. The van der Waals surface area contributed by atoms with Crippen LogP contribution in [0.2, 0.25) is 5.02 Å². The SMILES string of the molecule is CCCNC(CCCS(C)(=O)=O)c1ccc(F)cc1Cl. The van der Waals surface area contributed by atoms with Gasteiger partial charge in [-0.2, -0.15) is 0 Å². The quantitative estimate of drug-likeness (QED) is 0.798. The lowest BCUT2D eigenvalue weighted by Crippen LogP contribution is -2.23. The van der Waals surface area contributed by atoms with Crippen LogP contribution in [-0.4, -0.2) is 27.0 Å². The molecule has 114 valence electrons. The molecule has 1 N–H and O–H groups in total. The van der Waals surface area contributed by atoms with E-state index < -0.39 is 9.84 Å². The summed E-state index contributed by atoms with van der Waals surface area (Å²) in [5.74, 6) is -0.222. The van der Waals surface area contributed by atoms with Crippen LogP contribution in [0.5, 0.6) is 0 Å². The van der Waals surface area contributed by atoms with Crippen molar-refractivity contribution in [3.8, 4) is 0 Å². The Kier molecular flexibility index (Phi) is 6.92. The number of nitrogens with one attached hydrogen (secondary N) is 1. The second-order valence-corrected chi connectivity index (χ2v) is 7.61. The molecule has 1 unspecified atom stereocenters. The second-order valence-electron chi connectivity index (χ2n) is 4.94. The minimum Gasteiger partial charge on any atom is -0.310 e. The van der Waals surface area contributed by atoms with Gasteiger partial charge in [-0.3, -0.25) is 0 Å². The Labute approximate surface area is 125 Å². The molecule has 0 radical (unpaired) electrons. The average Bonchev–Trinajstić information content (AvgIpc) is 2.33. The summed E-state index contributed by atoms with van der Waals surface area (Å²) in [4.78, 5) is 0. The van der Waals surface area contributed by atoms with E-state index in [-0.39, 0.29) is 17.6 Å². The van der Waals surface area contributed by atoms with E-state index in [1.165, 1.54) is 18.4 Å². The van der Waals surface area contributed by atoms with Gasteiger partial charge in [0.25, 0.3) is 0 Å². The molecule has 20 heavy (non-hydrogen) atoms. The Hall–Kier alpha value is -0.650. The van der Waals surface area contributed by atoms with Crippen LogP contribution in [0, 0.1) is 5.82 Å². The van der Waals surface area contributed by atoms with Crippen LogP contribution in [0.15, 0.2) is 18.2 Å². The second kappa shape index (κ2) is 7.96. The zero-order chi connectivity index (χ0) is 15.2. The molecule has 0 heterocycles. The van der Waals surface area contributed by atoms with Crippen molar-refractivity contribution in [1.29, 1.82) is 0 Å². The molecule has 0 saturated heterocycles. The first kappa shape index (κ1) is 17.4. The van der Waals surface area contributed by atoms with Crippen LogP contribution in [0.3, 0.4) is 0 Å². The van der Waals surface area contributed by atoms with E-state index in [0.717, 1.165) is 18.5 Å². The summed E-state index contributed by atoms with van der Waals surface area (Å²) < 4.78 is 35.4. The molecular formula is C14H21ClFNO2S. The molecule has 0 aromatic heterocycles. The zero-order valence-electron chi connectivity index (χ0n) is 11.8. The van der Waals surface area contributed by atoms with Crippen LogP contribution in [-0.2, 0) is 9.84 Å². The fraction of sp³-hybridized carbons (Fsp3) is 0.571. The highest BCUT2D eigenvalue weighted by molar-refractivity contribution is 7.90. The van der Waals surface area contributed by atoms with Crippen LogP contribution in [0.1, 0.15) is 37.8 Å². The van der Waals surface area contributed by atoms with Crippen molar-refractivity contribution in [1.82, 2.24) is 5.32 Å². The van der Waals surface area contributed by atoms with E-state index in [0.29, 0.717) is 17.9 Å². The predicted octanol–water partition coefficient (Wildman–Crippen LogP) is 3.34. The van der Waals surface area contributed by atoms with Gasteiger partial charge in [0.2, 0.25) is 0 Å². The maximum atomic E-state index is 13.1. The highest BCUT2D eigenvalue weighted by Crippen LogP contribution is 2.27. The summed E-state index contributed by atoms with van der Waals surface area (Å²) in [6, 6.07) is 4.27. The highest BCUT2D eigenvalue weighted by Gasteiger charge is 2.15. The molecule has 6 heteroatoms. The van der Waals surface area contributed by atoms with Crippen LogP contribution >= 0.6 is 11.6 Å². The van der Waals surface area contributed by atoms with Gasteiger partial charge >= 0.3 is 0 Å². The molecule has 1 rings (SSSR count). The third-order valence-corrected chi connectivity index (χ3v) is 4.34. The molecule has 0 amide bonds. The molecule has 1 aromatic carbocycles. The Morgan fingerprint density at radius 1 is 1.40 bits per heavy atom. The van der Waals surface area contributed by atoms with Crippen molar-refractivity contribution < 1.29 is 12.8 Å². The topological polar surface area (TPSA) is 46.2 Å². The molecule has 0 aliphatic carbocycles. The minimum atomic E-state index is -2.96. The summed E-state index contributed by atoms with van der Waals surface area (Å²) in [5, 5.41) is 3.70. The van der Waals surface area contributed by atoms with Gasteiger partial charge in [0, 0.05) is 23.1 Å². The van der Waals surface area contributed by atoms with Crippen LogP contribution in [0.25, 0.3) is 0 Å². The number of rotatable bonds is 8. The number of halogens is 2. The fourth-order valence-electron chi connectivity index (χ4n) is 2.02. The van der Waals surface area contributed by atoms with Gasteiger partial charge < -0.3 is 5.32 Å². The molecule has 1 aromatic rings. The first-order valence-electron chi connectivity index (χ1n) is 6.69. The van der Waals surface area contributed by atoms with Crippen molar-refractivity contribution in [3.05, 3.63) is 34.6 Å². The normalized spacial score (nSPS) is 13.4. The third-order valence-electron chi connectivity index (χ3n) is 2.99. The minimum absolute atomic E-state index is 0.0511.